The number of hydrogen-bond acceptors (Lipinski definition) is 3. The van der Waals surface area contributed by atoms with Gasteiger partial charge in [-0.05, 0) is 44.1 Å². The van der Waals surface area contributed by atoms with Crippen molar-refractivity contribution in [2.75, 3.05) is 19.6 Å². The fourth-order valence-corrected chi connectivity index (χ4v) is 2.40. The molecular formula is C11H18N2O. The Hall–Kier alpha value is -0.800. The fourth-order valence-electron chi connectivity index (χ4n) is 2.40. The summed E-state index contributed by atoms with van der Waals surface area (Å²) in [7, 11) is 0. The molecule has 2 atom stereocenters. The third-order valence-corrected chi connectivity index (χ3v) is 3.17. The van der Waals surface area contributed by atoms with Crippen LogP contribution in [0.3, 0.4) is 0 Å². The Balaban J connectivity index is 2.19. The van der Waals surface area contributed by atoms with Gasteiger partial charge in [0.15, 0.2) is 0 Å². The molecule has 1 saturated heterocycles. The molecule has 3 nitrogen and oxygen atoms in total. The van der Waals surface area contributed by atoms with Gasteiger partial charge in [-0.3, -0.25) is 4.90 Å². The Labute approximate surface area is 84.9 Å². The number of likely N-dealkylation sites (tertiary alicyclic amines) is 1. The summed E-state index contributed by atoms with van der Waals surface area (Å²) in [6, 6.07) is 4.41. The van der Waals surface area contributed by atoms with Crippen LogP contribution in [0.15, 0.2) is 22.8 Å². The monoisotopic (exact) mass is 194 g/mol. The molecule has 1 aliphatic heterocycles. The predicted molar refractivity (Wildman–Crippen MR) is 55.9 cm³/mol. The van der Waals surface area contributed by atoms with Gasteiger partial charge in [-0.15, -0.1) is 0 Å². The highest BCUT2D eigenvalue weighted by molar-refractivity contribution is 5.09. The van der Waals surface area contributed by atoms with Crippen molar-refractivity contribution >= 4 is 0 Å². The lowest BCUT2D eigenvalue weighted by atomic mass is 9.98. The smallest absolute Gasteiger partial charge is 0.121 e. The summed E-state index contributed by atoms with van der Waals surface area (Å²) < 4.78 is 5.48. The second-order valence-electron chi connectivity index (χ2n) is 3.87. The third-order valence-electron chi connectivity index (χ3n) is 3.17. The number of rotatable bonds is 3. The van der Waals surface area contributed by atoms with E-state index in [2.05, 4.69) is 17.9 Å². The Morgan fingerprint density at radius 3 is 3.07 bits per heavy atom. The summed E-state index contributed by atoms with van der Waals surface area (Å²) in [5.74, 6) is 1.63. The maximum atomic E-state index is 5.78. The Morgan fingerprint density at radius 2 is 2.50 bits per heavy atom. The van der Waals surface area contributed by atoms with E-state index in [1.165, 1.54) is 6.42 Å². The van der Waals surface area contributed by atoms with E-state index >= 15 is 0 Å². The molecule has 0 radical (unpaired) electrons. The molecule has 2 heterocycles. The van der Waals surface area contributed by atoms with Crippen LogP contribution in [0.4, 0.5) is 0 Å². The van der Waals surface area contributed by atoms with Crippen LogP contribution >= 0.6 is 0 Å². The van der Waals surface area contributed by atoms with Gasteiger partial charge in [0.1, 0.15) is 5.76 Å². The first-order valence-corrected chi connectivity index (χ1v) is 5.34. The largest absolute Gasteiger partial charge is 0.468 e. The van der Waals surface area contributed by atoms with E-state index in [-0.39, 0.29) is 0 Å². The van der Waals surface area contributed by atoms with Crippen molar-refractivity contribution in [2.24, 2.45) is 11.7 Å². The molecule has 78 valence electrons. The highest BCUT2D eigenvalue weighted by Crippen LogP contribution is 2.36. The highest BCUT2D eigenvalue weighted by Gasteiger charge is 2.34. The molecule has 2 N–H and O–H groups in total. The summed E-state index contributed by atoms with van der Waals surface area (Å²) in [5, 5.41) is 0. The number of furan rings is 1. The van der Waals surface area contributed by atoms with Gasteiger partial charge in [0.25, 0.3) is 0 Å². The van der Waals surface area contributed by atoms with Gasteiger partial charge in [0.05, 0.1) is 12.3 Å². The third kappa shape index (κ3) is 1.57. The van der Waals surface area contributed by atoms with Crippen LogP contribution in [0.1, 0.15) is 25.1 Å². The predicted octanol–water partition coefficient (Wildman–Crippen LogP) is 1.62. The van der Waals surface area contributed by atoms with Gasteiger partial charge < -0.3 is 10.2 Å². The van der Waals surface area contributed by atoms with E-state index in [9.17, 15) is 0 Å². The van der Waals surface area contributed by atoms with E-state index in [4.69, 9.17) is 10.2 Å². The van der Waals surface area contributed by atoms with E-state index in [1.54, 1.807) is 6.26 Å². The summed E-state index contributed by atoms with van der Waals surface area (Å²) in [6.45, 7) is 5.16. The molecule has 0 amide bonds. The number of nitrogens with zero attached hydrogens (tertiary/aromatic N) is 1. The fraction of sp³-hybridized carbons (Fsp3) is 0.636. The SMILES string of the molecule is CCN1CCC(CN)C1c1ccco1. The molecule has 14 heavy (non-hydrogen) atoms. The summed E-state index contributed by atoms with van der Waals surface area (Å²) in [4.78, 5) is 2.44. The first kappa shape index (κ1) is 9.74. The minimum atomic E-state index is 0.403. The van der Waals surface area contributed by atoms with Crippen molar-refractivity contribution in [1.82, 2.24) is 4.90 Å². The maximum absolute atomic E-state index is 5.78. The quantitative estimate of drug-likeness (QED) is 0.795. The lowest BCUT2D eigenvalue weighted by molar-refractivity contribution is 0.210. The van der Waals surface area contributed by atoms with E-state index in [0.29, 0.717) is 12.0 Å². The van der Waals surface area contributed by atoms with Crippen molar-refractivity contribution in [2.45, 2.75) is 19.4 Å². The first-order chi connectivity index (χ1) is 6.86. The topological polar surface area (TPSA) is 42.4 Å². The van der Waals surface area contributed by atoms with Crippen molar-refractivity contribution in [3.8, 4) is 0 Å². The average Bonchev–Trinajstić information content (AvgIpc) is 2.85. The average molecular weight is 194 g/mol. The molecule has 0 aromatic carbocycles. The van der Waals surface area contributed by atoms with Gasteiger partial charge in [-0.1, -0.05) is 6.92 Å². The van der Waals surface area contributed by atoms with E-state index in [1.807, 2.05) is 6.07 Å². The molecule has 1 aromatic rings. The summed E-state index contributed by atoms with van der Waals surface area (Å²) >= 11 is 0. The molecule has 1 aliphatic rings. The molecule has 2 rings (SSSR count). The van der Waals surface area contributed by atoms with Gasteiger partial charge in [-0.2, -0.15) is 0 Å². The van der Waals surface area contributed by atoms with Crippen molar-refractivity contribution in [3.05, 3.63) is 24.2 Å². The molecule has 0 spiro atoms. The van der Waals surface area contributed by atoms with Gasteiger partial charge >= 0.3 is 0 Å². The lowest BCUT2D eigenvalue weighted by Crippen LogP contribution is -2.27. The van der Waals surface area contributed by atoms with Gasteiger partial charge in [0, 0.05) is 0 Å². The van der Waals surface area contributed by atoms with Gasteiger partial charge in [0.2, 0.25) is 0 Å². The van der Waals surface area contributed by atoms with Crippen LogP contribution in [0.5, 0.6) is 0 Å². The minimum Gasteiger partial charge on any atom is -0.468 e. The molecule has 0 bridgehead atoms. The second kappa shape index (κ2) is 4.15. The Morgan fingerprint density at radius 1 is 1.64 bits per heavy atom. The lowest BCUT2D eigenvalue weighted by Gasteiger charge is -2.24. The minimum absolute atomic E-state index is 0.403. The number of hydrogen-bond donors (Lipinski definition) is 1. The van der Waals surface area contributed by atoms with Crippen molar-refractivity contribution < 1.29 is 4.42 Å². The van der Waals surface area contributed by atoms with Crippen LogP contribution in [0, 0.1) is 5.92 Å². The molecular weight excluding hydrogens is 176 g/mol. The molecule has 1 fully saturated rings. The molecule has 1 aromatic heterocycles. The maximum Gasteiger partial charge on any atom is 0.121 e. The normalized spacial score (nSPS) is 28.4. The number of nitrogens with two attached hydrogens (primary N) is 1. The molecule has 0 saturated carbocycles. The van der Waals surface area contributed by atoms with Crippen LogP contribution in [-0.2, 0) is 0 Å². The molecule has 0 aliphatic carbocycles. The highest BCUT2D eigenvalue weighted by atomic mass is 16.3. The Kier molecular flexibility index (Phi) is 2.89. The van der Waals surface area contributed by atoms with Crippen LogP contribution in [0.25, 0.3) is 0 Å². The van der Waals surface area contributed by atoms with Crippen LogP contribution < -0.4 is 5.73 Å². The molecule has 3 heteroatoms. The first-order valence-electron chi connectivity index (χ1n) is 5.34. The zero-order valence-corrected chi connectivity index (χ0v) is 8.65. The van der Waals surface area contributed by atoms with E-state index < -0.39 is 0 Å². The second-order valence-corrected chi connectivity index (χ2v) is 3.87. The zero-order chi connectivity index (χ0) is 9.97. The summed E-state index contributed by atoms with van der Waals surface area (Å²) in [6.07, 6.45) is 2.94. The zero-order valence-electron chi connectivity index (χ0n) is 8.65. The summed E-state index contributed by atoms with van der Waals surface area (Å²) in [5.41, 5.74) is 5.78. The van der Waals surface area contributed by atoms with Crippen LogP contribution in [0.2, 0.25) is 0 Å². The Bertz CT molecular complexity index is 259. The van der Waals surface area contributed by atoms with Crippen molar-refractivity contribution in [1.29, 1.82) is 0 Å². The molecule has 2 unspecified atom stereocenters. The standard InChI is InChI=1S/C11H18N2O/c1-2-13-6-5-9(8-12)11(13)10-4-3-7-14-10/h3-4,7,9,11H,2,5-6,8,12H2,1H3. The van der Waals surface area contributed by atoms with Crippen molar-refractivity contribution in [3.63, 3.8) is 0 Å². The van der Waals surface area contributed by atoms with Gasteiger partial charge in [-0.25, -0.2) is 0 Å². The van der Waals surface area contributed by atoms with Crippen LogP contribution in [-0.4, -0.2) is 24.5 Å². The van der Waals surface area contributed by atoms with E-state index in [0.717, 1.165) is 25.4 Å².